The van der Waals surface area contributed by atoms with Gasteiger partial charge < -0.3 is 15.9 Å². The van der Waals surface area contributed by atoms with Crippen LogP contribution in [0.2, 0.25) is 0 Å². The predicted octanol–water partition coefficient (Wildman–Crippen LogP) is 0.665. The first-order valence-electron chi connectivity index (χ1n) is 3.38. The molecule has 0 spiro atoms. The molecule has 5 nitrogen and oxygen atoms in total. The van der Waals surface area contributed by atoms with Gasteiger partial charge in [0.15, 0.2) is 0 Å². The molecule has 0 fully saturated rings. The first-order valence-corrected chi connectivity index (χ1v) is 3.38. The molecular formula is C8H7NO4. The molecule has 0 aliphatic rings. The number of hydrogen-bond acceptors (Lipinski definition) is 3. The molecular weight excluding hydrogens is 174 g/mol. The van der Waals surface area contributed by atoms with E-state index >= 15 is 0 Å². The number of aromatic carboxylic acids is 2. The van der Waals surface area contributed by atoms with Crippen molar-refractivity contribution in [2.45, 2.75) is 0 Å². The van der Waals surface area contributed by atoms with Crippen LogP contribution in [0.5, 0.6) is 0 Å². The molecule has 0 radical (unpaired) electrons. The number of nitrogens with two attached hydrogens (primary N) is 1. The Morgan fingerprint density at radius 1 is 1.00 bits per heavy atom. The van der Waals surface area contributed by atoms with E-state index in [0.29, 0.717) is 0 Å². The molecule has 0 saturated heterocycles. The molecule has 1 aromatic rings. The zero-order valence-corrected chi connectivity index (χ0v) is 6.52. The summed E-state index contributed by atoms with van der Waals surface area (Å²) in [5, 5.41) is 17.1. The highest BCUT2D eigenvalue weighted by Gasteiger charge is 2.09. The minimum atomic E-state index is -1.20. The predicted molar refractivity (Wildman–Crippen MR) is 44.8 cm³/mol. The average Bonchev–Trinajstić information content (AvgIpc) is 2.03. The first-order chi connectivity index (χ1) is 6.00. The maximum atomic E-state index is 10.5. The standard InChI is InChI=1S/C8H7NO4/c9-6-2-4(7(10)11)1-5(3-6)8(12)13/h1-3H,9H2,(H,10,11)(H,12,13). The zero-order chi connectivity index (χ0) is 10.0. The van der Waals surface area contributed by atoms with E-state index in [0.717, 1.165) is 6.07 Å². The van der Waals surface area contributed by atoms with Crippen molar-refractivity contribution in [3.05, 3.63) is 29.3 Å². The molecule has 0 atom stereocenters. The number of nitrogen functional groups attached to an aromatic ring is 1. The van der Waals surface area contributed by atoms with Crippen molar-refractivity contribution in [2.75, 3.05) is 5.73 Å². The van der Waals surface area contributed by atoms with Crippen molar-refractivity contribution in [2.24, 2.45) is 0 Å². The second-order valence-electron chi connectivity index (χ2n) is 2.45. The quantitative estimate of drug-likeness (QED) is 0.582. The lowest BCUT2D eigenvalue weighted by Crippen LogP contribution is -2.03. The van der Waals surface area contributed by atoms with Crippen LogP contribution in [0.1, 0.15) is 20.7 Å². The van der Waals surface area contributed by atoms with Crippen LogP contribution in [0.4, 0.5) is 5.69 Å². The van der Waals surface area contributed by atoms with Crippen LogP contribution < -0.4 is 5.73 Å². The Kier molecular flexibility index (Phi) is 2.19. The number of benzene rings is 1. The third-order valence-corrected chi connectivity index (χ3v) is 1.45. The number of hydrogen-bond donors (Lipinski definition) is 3. The summed E-state index contributed by atoms with van der Waals surface area (Å²) in [6.45, 7) is 0. The molecule has 13 heavy (non-hydrogen) atoms. The van der Waals surface area contributed by atoms with Crippen molar-refractivity contribution in [1.82, 2.24) is 0 Å². The van der Waals surface area contributed by atoms with E-state index in [9.17, 15) is 9.59 Å². The van der Waals surface area contributed by atoms with Crippen molar-refractivity contribution in [3.8, 4) is 0 Å². The van der Waals surface area contributed by atoms with E-state index in [1.807, 2.05) is 0 Å². The highest BCUT2D eigenvalue weighted by atomic mass is 16.4. The smallest absolute Gasteiger partial charge is 0.335 e. The molecule has 0 unspecified atom stereocenters. The van der Waals surface area contributed by atoms with E-state index in [4.69, 9.17) is 15.9 Å². The Morgan fingerprint density at radius 2 is 1.38 bits per heavy atom. The molecule has 4 N–H and O–H groups in total. The highest BCUT2D eigenvalue weighted by Crippen LogP contribution is 2.11. The largest absolute Gasteiger partial charge is 0.478 e. The Labute approximate surface area is 73.4 Å². The van der Waals surface area contributed by atoms with Crippen molar-refractivity contribution < 1.29 is 19.8 Å². The monoisotopic (exact) mass is 181 g/mol. The molecule has 0 aromatic heterocycles. The van der Waals surface area contributed by atoms with Gasteiger partial charge >= 0.3 is 11.9 Å². The van der Waals surface area contributed by atoms with Gasteiger partial charge in [-0.25, -0.2) is 9.59 Å². The van der Waals surface area contributed by atoms with Gasteiger partial charge in [0.1, 0.15) is 0 Å². The number of carbonyl (C=O) groups is 2. The number of carboxylic acid groups (broad SMARTS) is 2. The van der Waals surface area contributed by atoms with Gasteiger partial charge in [0, 0.05) is 5.69 Å². The minimum Gasteiger partial charge on any atom is -0.478 e. The highest BCUT2D eigenvalue weighted by molar-refractivity contribution is 5.95. The van der Waals surface area contributed by atoms with Crippen LogP contribution in [0.25, 0.3) is 0 Å². The molecule has 0 saturated carbocycles. The topological polar surface area (TPSA) is 101 Å². The van der Waals surface area contributed by atoms with Gasteiger partial charge in [0.2, 0.25) is 0 Å². The fourth-order valence-corrected chi connectivity index (χ4v) is 0.899. The molecule has 0 aliphatic carbocycles. The fourth-order valence-electron chi connectivity index (χ4n) is 0.899. The van der Waals surface area contributed by atoms with Gasteiger partial charge in [-0.15, -0.1) is 0 Å². The third kappa shape index (κ3) is 1.96. The Morgan fingerprint density at radius 3 is 1.69 bits per heavy atom. The summed E-state index contributed by atoms with van der Waals surface area (Å²) < 4.78 is 0. The van der Waals surface area contributed by atoms with Crippen molar-refractivity contribution in [3.63, 3.8) is 0 Å². The summed E-state index contributed by atoms with van der Waals surface area (Å²) in [7, 11) is 0. The van der Waals surface area contributed by atoms with Gasteiger partial charge in [0.05, 0.1) is 11.1 Å². The lowest BCUT2D eigenvalue weighted by atomic mass is 10.1. The second kappa shape index (κ2) is 3.14. The number of rotatable bonds is 2. The van der Waals surface area contributed by atoms with Gasteiger partial charge in [-0.1, -0.05) is 0 Å². The van der Waals surface area contributed by atoms with Crippen LogP contribution in [-0.4, -0.2) is 22.2 Å². The molecule has 1 aromatic carbocycles. The van der Waals surface area contributed by atoms with Crippen LogP contribution in [0, 0.1) is 0 Å². The lowest BCUT2D eigenvalue weighted by Gasteiger charge is -1.99. The SMILES string of the molecule is Nc1cc(C(=O)O)cc(C(=O)O)c1. The van der Waals surface area contributed by atoms with Gasteiger partial charge in [-0.3, -0.25) is 0 Å². The van der Waals surface area contributed by atoms with E-state index in [1.165, 1.54) is 12.1 Å². The fraction of sp³-hybridized carbons (Fsp3) is 0. The van der Waals surface area contributed by atoms with E-state index in [1.54, 1.807) is 0 Å². The molecule has 0 heterocycles. The molecule has 5 heteroatoms. The van der Waals surface area contributed by atoms with Crippen LogP contribution in [-0.2, 0) is 0 Å². The zero-order valence-electron chi connectivity index (χ0n) is 6.52. The maximum absolute atomic E-state index is 10.5. The summed E-state index contributed by atoms with van der Waals surface area (Å²) >= 11 is 0. The van der Waals surface area contributed by atoms with E-state index in [2.05, 4.69) is 0 Å². The minimum absolute atomic E-state index is 0.123. The normalized spacial score (nSPS) is 9.54. The Bertz CT molecular complexity index is 340. The second-order valence-corrected chi connectivity index (χ2v) is 2.45. The summed E-state index contributed by atoms with van der Waals surface area (Å²) in [6.07, 6.45) is 0. The number of carboxylic acids is 2. The van der Waals surface area contributed by atoms with Crippen molar-refractivity contribution in [1.29, 1.82) is 0 Å². The molecule has 0 aliphatic heterocycles. The molecule has 0 amide bonds. The average molecular weight is 181 g/mol. The maximum Gasteiger partial charge on any atom is 0.335 e. The molecule has 0 bridgehead atoms. The summed E-state index contributed by atoms with van der Waals surface area (Å²) in [6, 6.07) is 3.46. The third-order valence-electron chi connectivity index (χ3n) is 1.45. The summed E-state index contributed by atoms with van der Waals surface area (Å²) in [5.74, 6) is -2.40. The lowest BCUT2D eigenvalue weighted by molar-refractivity contribution is 0.0696. The van der Waals surface area contributed by atoms with Crippen LogP contribution >= 0.6 is 0 Å². The van der Waals surface area contributed by atoms with E-state index in [-0.39, 0.29) is 16.8 Å². The van der Waals surface area contributed by atoms with E-state index < -0.39 is 11.9 Å². The molecule has 1 rings (SSSR count). The van der Waals surface area contributed by atoms with Gasteiger partial charge in [0.25, 0.3) is 0 Å². The van der Waals surface area contributed by atoms with Gasteiger partial charge in [-0.2, -0.15) is 0 Å². The number of anilines is 1. The summed E-state index contributed by atoms with van der Waals surface area (Å²) in [4.78, 5) is 21.0. The van der Waals surface area contributed by atoms with Crippen molar-refractivity contribution >= 4 is 17.6 Å². The van der Waals surface area contributed by atoms with Crippen LogP contribution in [0.15, 0.2) is 18.2 Å². The van der Waals surface area contributed by atoms with Crippen LogP contribution in [0.3, 0.4) is 0 Å². The first kappa shape index (κ1) is 9.05. The van der Waals surface area contributed by atoms with Gasteiger partial charge in [-0.05, 0) is 18.2 Å². The Balaban J connectivity index is 3.26. The molecule has 68 valence electrons. The summed E-state index contributed by atoms with van der Waals surface area (Å²) in [5.41, 5.74) is 5.18. The Hall–Kier alpha value is -2.04.